The van der Waals surface area contributed by atoms with Crippen LogP contribution in [0.1, 0.15) is 47.4 Å². The summed E-state index contributed by atoms with van der Waals surface area (Å²) < 4.78 is 1.02. The van der Waals surface area contributed by atoms with Crippen LogP contribution in [0.3, 0.4) is 0 Å². The third-order valence-corrected chi connectivity index (χ3v) is 9.43. The fourth-order valence-electron chi connectivity index (χ4n) is 5.47. The largest absolute Gasteiger partial charge is 0.391 e. The summed E-state index contributed by atoms with van der Waals surface area (Å²) in [6.07, 6.45) is -0.636. The van der Waals surface area contributed by atoms with Crippen LogP contribution in [0.25, 0.3) is 10.4 Å². The second-order valence-corrected chi connectivity index (χ2v) is 12.5. The molecule has 3 atom stereocenters. The molecule has 0 radical (unpaired) electrons. The van der Waals surface area contributed by atoms with Gasteiger partial charge in [0, 0.05) is 35.2 Å². The van der Waals surface area contributed by atoms with Crippen molar-refractivity contribution >= 4 is 51.6 Å². The number of nitrogens with one attached hydrogen (secondary N) is 1. The standard InChI is InChI=1S/C29H31IN4O4S/c1-16(2)25(34-13-20-6-4-5-7-22(20)28(34)37)29(38)33-14-21(35)11-24(33)27(36)31-12-19-9-8-18(10-23(19)30)26-17(3)32-15-39-26/h4-10,15-16,21,24-25,35H,11-14H2,1-3H3,(H,31,36). The van der Waals surface area contributed by atoms with Gasteiger partial charge in [-0.15, -0.1) is 11.3 Å². The highest BCUT2D eigenvalue weighted by Crippen LogP contribution is 2.31. The first-order valence-electron chi connectivity index (χ1n) is 13.0. The van der Waals surface area contributed by atoms with E-state index in [1.54, 1.807) is 22.3 Å². The molecule has 3 amide bonds. The number of aliphatic hydroxyl groups is 1. The van der Waals surface area contributed by atoms with E-state index in [4.69, 9.17) is 0 Å². The van der Waals surface area contributed by atoms with Crippen molar-refractivity contribution in [2.75, 3.05) is 6.54 Å². The fraction of sp³-hybridized carbons (Fsp3) is 0.379. The third kappa shape index (κ3) is 5.46. The first-order chi connectivity index (χ1) is 18.7. The quantitative estimate of drug-likeness (QED) is 0.374. The summed E-state index contributed by atoms with van der Waals surface area (Å²) in [5.74, 6) is -0.956. The molecule has 8 nitrogen and oxygen atoms in total. The zero-order valence-electron chi connectivity index (χ0n) is 22.1. The summed E-state index contributed by atoms with van der Waals surface area (Å²) in [7, 11) is 0. The summed E-state index contributed by atoms with van der Waals surface area (Å²) in [5, 5.41) is 13.4. The predicted molar refractivity (Wildman–Crippen MR) is 158 cm³/mol. The van der Waals surface area contributed by atoms with Gasteiger partial charge in [0.25, 0.3) is 5.91 Å². The summed E-state index contributed by atoms with van der Waals surface area (Å²) in [6, 6.07) is 12.0. The minimum Gasteiger partial charge on any atom is -0.391 e. The highest BCUT2D eigenvalue weighted by atomic mass is 127. The summed E-state index contributed by atoms with van der Waals surface area (Å²) in [6.45, 7) is 6.51. The minimum absolute atomic E-state index is 0.0650. The predicted octanol–water partition coefficient (Wildman–Crippen LogP) is 3.98. The van der Waals surface area contributed by atoms with E-state index in [1.165, 1.54) is 4.90 Å². The Morgan fingerprint density at radius 1 is 1.23 bits per heavy atom. The number of aromatic nitrogens is 1. The van der Waals surface area contributed by atoms with Crippen LogP contribution in [0, 0.1) is 16.4 Å². The Hall–Kier alpha value is -2.83. The van der Waals surface area contributed by atoms with Crippen molar-refractivity contribution in [2.45, 2.75) is 58.5 Å². The SMILES string of the molecule is Cc1ncsc1-c1ccc(CNC(=O)C2CC(O)CN2C(=O)C(C(C)C)N2Cc3ccccc3C2=O)c(I)c1. The Morgan fingerprint density at radius 3 is 2.67 bits per heavy atom. The maximum absolute atomic E-state index is 13.9. The minimum atomic E-state index is -0.800. The van der Waals surface area contributed by atoms with Crippen LogP contribution < -0.4 is 5.32 Å². The Bertz CT molecular complexity index is 1420. The lowest BCUT2D eigenvalue weighted by atomic mass is 10.0. The van der Waals surface area contributed by atoms with E-state index < -0.39 is 18.2 Å². The second-order valence-electron chi connectivity index (χ2n) is 10.5. The highest BCUT2D eigenvalue weighted by molar-refractivity contribution is 14.1. The number of benzene rings is 2. The number of likely N-dealkylation sites (tertiary alicyclic amines) is 1. The topological polar surface area (TPSA) is 103 Å². The molecule has 0 aliphatic carbocycles. The molecule has 10 heteroatoms. The van der Waals surface area contributed by atoms with Crippen LogP contribution >= 0.6 is 33.9 Å². The molecule has 3 heterocycles. The van der Waals surface area contributed by atoms with Crippen molar-refractivity contribution < 1.29 is 19.5 Å². The Balaban J connectivity index is 1.29. The van der Waals surface area contributed by atoms with Gasteiger partial charge >= 0.3 is 0 Å². The van der Waals surface area contributed by atoms with Gasteiger partial charge in [-0.2, -0.15) is 0 Å². The average molecular weight is 659 g/mol. The van der Waals surface area contributed by atoms with E-state index in [0.29, 0.717) is 18.7 Å². The smallest absolute Gasteiger partial charge is 0.255 e. The normalized spacial score (nSPS) is 19.5. The van der Waals surface area contributed by atoms with Crippen molar-refractivity contribution in [1.29, 1.82) is 0 Å². The molecule has 5 rings (SSSR count). The molecule has 2 aliphatic rings. The van der Waals surface area contributed by atoms with Crippen LogP contribution in [0.15, 0.2) is 48.0 Å². The van der Waals surface area contributed by atoms with E-state index in [0.717, 1.165) is 30.8 Å². The van der Waals surface area contributed by atoms with Gasteiger partial charge in [0.1, 0.15) is 12.1 Å². The van der Waals surface area contributed by atoms with Crippen molar-refractivity contribution in [2.24, 2.45) is 5.92 Å². The molecule has 2 N–H and O–H groups in total. The van der Waals surface area contributed by atoms with Gasteiger partial charge in [-0.3, -0.25) is 14.4 Å². The summed E-state index contributed by atoms with van der Waals surface area (Å²) >= 11 is 3.86. The van der Waals surface area contributed by atoms with Crippen LogP contribution in [0.2, 0.25) is 0 Å². The Morgan fingerprint density at radius 2 is 2.00 bits per heavy atom. The van der Waals surface area contributed by atoms with Crippen LogP contribution in [-0.2, 0) is 22.7 Å². The lowest BCUT2D eigenvalue weighted by Gasteiger charge is -2.35. The number of thiazole rings is 1. The van der Waals surface area contributed by atoms with E-state index in [2.05, 4.69) is 39.0 Å². The molecule has 2 aliphatic heterocycles. The first-order valence-corrected chi connectivity index (χ1v) is 15.0. The number of aliphatic hydroxyl groups excluding tert-OH is 1. The molecule has 3 unspecified atom stereocenters. The highest BCUT2D eigenvalue weighted by Gasteiger charge is 2.45. The number of carbonyl (C=O) groups is 3. The van der Waals surface area contributed by atoms with Crippen LogP contribution in [0.5, 0.6) is 0 Å². The number of rotatable bonds is 7. The molecule has 1 aromatic heterocycles. The number of fused-ring (bicyclic) bond motifs is 1. The van der Waals surface area contributed by atoms with Gasteiger partial charge < -0.3 is 20.2 Å². The van der Waals surface area contributed by atoms with Crippen LogP contribution in [0.4, 0.5) is 0 Å². The molecule has 39 heavy (non-hydrogen) atoms. The maximum Gasteiger partial charge on any atom is 0.255 e. The van der Waals surface area contributed by atoms with E-state index in [1.807, 2.05) is 56.6 Å². The van der Waals surface area contributed by atoms with Gasteiger partial charge in [-0.05, 0) is 64.3 Å². The van der Waals surface area contributed by atoms with Gasteiger partial charge in [0.15, 0.2) is 0 Å². The fourth-order valence-corrected chi connectivity index (χ4v) is 6.98. The molecule has 1 fully saturated rings. The lowest BCUT2D eigenvalue weighted by molar-refractivity contribution is -0.143. The van der Waals surface area contributed by atoms with E-state index in [9.17, 15) is 19.5 Å². The zero-order chi connectivity index (χ0) is 27.8. The number of aryl methyl sites for hydroxylation is 1. The number of amides is 3. The maximum atomic E-state index is 13.9. The number of hydrogen-bond acceptors (Lipinski definition) is 6. The summed E-state index contributed by atoms with van der Waals surface area (Å²) in [5.41, 5.74) is 6.37. The Kier molecular flexibility index (Phi) is 8.06. The monoisotopic (exact) mass is 658 g/mol. The molecule has 0 spiro atoms. The molecular formula is C29H31IN4O4S. The number of β-amino-alcohol motifs (C(OH)–C–C–N with tert-alkyl or cyclic N) is 1. The molecule has 0 saturated carbocycles. The molecular weight excluding hydrogens is 627 g/mol. The van der Waals surface area contributed by atoms with Crippen molar-refractivity contribution in [3.63, 3.8) is 0 Å². The van der Waals surface area contributed by atoms with E-state index >= 15 is 0 Å². The van der Waals surface area contributed by atoms with Gasteiger partial charge in [-0.1, -0.05) is 44.2 Å². The number of nitrogens with zero attached hydrogens (tertiary/aromatic N) is 3. The number of hydrogen-bond donors (Lipinski definition) is 2. The number of halogens is 1. The van der Waals surface area contributed by atoms with Gasteiger partial charge in [0.05, 0.1) is 22.2 Å². The van der Waals surface area contributed by atoms with Crippen molar-refractivity contribution in [3.8, 4) is 10.4 Å². The third-order valence-electron chi connectivity index (χ3n) is 7.45. The lowest BCUT2D eigenvalue weighted by Crippen LogP contribution is -2.55. The summed E-state index contributed by atoms with van der Waals surface area (Å²) in [4.78, 5) is 48.9. The second kappa shape index (κ2) is 11.3. The average Bonchev–Trinajstić information content (AvgIpc) is 3.60. The molecule has 204 valence electrons. The number of carbonyl (C=O) groups excluding carboxylic acids is 3. The molecule has 2 aromatic carbocycles. The first kappa shape index (κ1) is 27.7. The van der Waals surface area contributed by atoms with E-state index in [-0.39, 0.29) is 36.6 Å². The zero-order valence-corrected chi connectivity index (χ0v) is 25.0. The van der Waals surface area contributed by atoms with Gasteiger partial charge in [-0.25, -0.2) is 4.98 Å². The molecule has 0 bridgehead atoms. The molecule has 3 aromatic rings. The molecule has 1 saturated heterocycles. The van der Waals surface area contributed by atoms with Crippen LogP contribution in [-0.4, -0.2) is 62.3 Å². The van der Waals surface area contributed by atoms with Crippen molar-refractivity contribution in [3.05, 3.63) is 73.9 Å². The van der Waals surface area contributed by atoms with Crippen molar-refractivity contribution in [1.82, 2.24) is 20.1 Å². The van der Waals surface area contributed by atoms with Gasteiger partial charge in [0.2, 0.25) is 11.8 Å². The Labute approximate surface area is 245 Å².